The van der Waals surface area contributed by atoms with Gasteiger partial charge < -0.3 is 0 Å². The van der Waals surface area contributed by atoms with Crippen LogP contribution < -0.4 is 0 Å². The van der Waals surface area contributed by atoms with Gasteiger partial charge in [-0.2, -0.15) is 0 Å². The van der Waals surface area contributed by atoms with E-state index in [0.717, 1.165) is 11.0 Å². The van der Waals surface area contributed by atoms with E-state index in [1.165, 1.54) is 0 Å². The Hall–Kier alpha value is -0.0100. The number of fused-ring (bicyclic) bond motifs is 1. The molecule has 0 spiro atoms. The Kier molecular flexibility index (Phi) is 2.66. The molecular formula is C7H5ClIN3S. The Morgan fingerprint density at radius 1 is 1.54 bits per heavy atom. The van der Waals surface area contributed by atoms with Gasteiger partial charge in [-0.25, -0.2) is 9.97 Å². The maximum absolute atomic E-state index is 5.96. The molecule has 0 fully saturated rings. The molecule has 2 aromatic heterocycles. The summed E-state index contributed by atoms with van der Waals surface area (Å²) < 4.78 is 1.95. The van der Waals surface area contributed by atoms with Crippen LogP contribution in [0.25, 0.3) is 11.0 Å². The lowest BCUT2D eigenvalue weighted by Gasteiger charge is -1.98. The van der Waals surface area contributed by atoms with Crippen molar-refractivity contribution in [2.45, 2.75) is 6.92 Å². The molecular weight excluding hydrogens is 321 g/mol. The summed E-state index contributed by atoms with van der Waals surface area (Å²) in [5.41, 5.74) is 0.872. The summed E-state index contributed by atoms with van der Waals surface area (Å²) in [4.78, 5) is 8.39. The topological polar surface area (TPSA) is 30.7 Å². The zero-order valence-electron chi connectivity index (χ0n) is 6.66. The summed E-state index contributed by atoms with van der Waals surface area (Å²) in [6.45, 7) is 1.83. The molecule has 0 saturated heterocycles. The van der Waals surface area contributed by atoms with Crippen molar-refractivity contribution in [3.05, 3.63) is 23.2 Å². The highest BCUT2D eigenvalue weighted by atomic mass is 127. The number of nitrogens with zero attached hydrogens (tertiary/aromatic N) is 3. The van der Waals surface area contributed by atoms with Gasteiger partial charge in [-0.1, -0.05) is 11.6 Å². The molecule has 3 nitrogen and oxygen atoms in total. The van der Waals surface area contributed by atoms with Crippen LogP contribution in [0.3, 0.4) is 0 Å². The van der Waals surface area contributed by atoms with E-state index in [-0.39, 0.29) is 0 Å². The third-order valence-corrected chi connectivity index (χ3v) is 3.66. The van der Waals surface area contributed by atoms with Crippen molar-refractivity contribution in [2.24, 2.45) is 0 Å². The summed E-state index contributed by atoms with van der Waals surface area (Å²) >= 11 is 8.15. The Balaban J connectivity index is 2.82. The van der Waals surface area contributed by atoms with Crippen LogP contribution in [0.5, 0.6) is 0 Å². The standard InChI is InChI=1S/C7H5ClIN3S/c1-4-10-6(8)5-2-3-12(13-9)7(5)11-4/h2-3H,1H3. The summed E-state index contributed by atoms with van der Waals surface area (Å²) in [6, 6.07) is 1.92. The van der Waals surface area contributed by atoms with Gasteiger partial charge in [-0.05, 0) is 13.0 Å². The van der Waals surface area contributed by atoms with Crippen LogP contribution in [-0.2, 0) is 0 Å². The van der Waals surface area contributed by atoms with Gasteiger partial charge in [0.2, 0.25) is 0 Å². The third-order valence-electron chi connectivity index (χ3n) is 1.65. The molecule has 0 atom stereocenters. The van der Waals surface area contributed by atoms with Crippen LogP contribution >= 0.6 is 41.9 Å². The minimum absolute atomic E-state index is 0.520. The number of hydrogen-bond donors (Lipinski definition) is 0. The highest BCUT2D eigenvalue weighted by Crippen LogP contribution is 2.26. The fourth-order valence-corrected chi connectivity index (χ4v) is 2.65. The smallest absolute Gasteiger partial charge is 0.155 e. The first-order valence-corrected chi connectivity index (χ1v) is 7.22. The molecule has 0 aliphatic rings. The monoisotopic (exact) mass is 325 g/mol. The summed E-state index contributed by atoms with van der Waals surface area (Å²) in [7, 11) is 1.56. The molecule has 2 rings (SSSR count). The fraction of sp³-hybridized carbons (Fsp3) is 0.143. The molecule has 0 aliphatic heterocycles. The quantitative estimate of drug-likeness (QED) is 0.596. The van der Waals surface area contributed by atoms with E-state index in [0.29, 0.717) is 11.0 Å². The van der Waals surface area contributed by atoms with Gasteiger partial charge in [-0.15, -0.1) is 0 Å². The SMILES string of the molecule is Cc1nc(Cl)c2ccn(SI)c2n1. The van der Waals surface area contributed by atoms with E-state index in [1.807, 2.05) is 23.2 Å². The van der Waals surface area contributed by atoms with Crippen LogP contribution in [0, 0.1) is 6.92 Å². The van der Waals surface area contributed by atoms with Gasteiger partial charge in [0.15, 0.2) is 5.65 Å². The lowest BCUT2D eigenvalue weighted by Crippen LogP contribution is -1.91. The third kappa shape index (κ3) is 1.64. The van der Waals surface area contributed by atoms with Crippen molar-refractivity contribution in [1.29, 1.82) is 0 Å². The number of aromatic nitrogens is 3. The highest BCUT2D eigenvalue weighted by Gasteiger charge is 2.07. The Bertz CT molecular complexity index is 456. The van der Waals surface area contributed by atoms with Crippen LogP contribution in [-0.4, -0.2) is 13.9 Å². The van der Waals surface area contributed by atoms with E-state index < -0.39 is 0 Å². The lowest BCUT2D eigenvalue weighted by atomic mass is 10.4. The first-order valence-electron chi connectivity index (χ1n) is 3.52. The second-order valence-electron chi connectivity index (χ2n) is 2.51. The maximum atomic E-state index is 5.96. The van der Waals surface area contributed by atoms with E-state index in [9.17, 15) is 0 Å². The molecule has 0 bridgehead atoms. The molecule has 0 saturated carbocycles. The fourth-order valence-electron chi connectivity index (χ4n) is 1.11. The Morgan fingerprint density at radius 3 is 3.00 bits per heavy atom. The number of halogens is 2. The van der Waals surface area contributed by atoms with Gasteiger partial charge in [0.25, 0.3) is 0 Å². The normalized spacial score (nSPS) is 11.0. The largest absolute Gasteiger partial charge is 0.266 e. The van der Waals surface area contributed by atoms with Crippen molar-refractivity contribution < 1.29 is 0 Å². The van der Waals surface area contributed by atoms with Gasteiger partial charge in [0.1, 0.15) is 11.0 Å². The summed E-state index contributed by atoms with van der Waals surface area (Å²) in [6.07, 6.45) is 1.93. The van der Waals surface area contributed by atoms with Crippen molar-refractivity contribution >= 4 is 53.0 Å². The van der Waals surface area contributed by atoms with Crippen molar-refractivity contribution in [1.82, 2.24) is 13.9 Å². The van der Waals surface area contributed by atoms with Crippen molar-refractivity contribution in [2.75, 3.05) is 0 Å². The second-order valence-corrected chi connectivity index (χ2v) is 4.58. The predicted octanol–water partition coefficient (Wildman–Crippen LogP) is 3.24. The Labute approximate surface area is 96.6 Å². The molecule has 2 aromatic rings. The van der Waals surface area contributed by atoms with Crippen LogP contribution in [0.4, 0.5) is 0 Å². The number of hydrogen-bond acceptors (Lipinski definition) is 3. The molecule has 0 radical (unpaired) electrons. The minimum atomic E-state index is 0.520. The van der Waals surface area contributed by atoms with Gasteiger partial charge in [0.05, 0.1) is 5.39 Å². The van der Waals surface area contributed by atoms with Gasteiger partial charge >= 0.3 is 0 Å². The van der Waals surface area contributed by atoms with E-state index in [4.69, 9.17) is 11.6 Å². The zero-order valence-corrected chi connectivity index (χ0v) is 10.4. The highest BCUT2D eigenvalue weighted by molar-refractivity contribution is 14.2. The zero-order chi connectivity index (χ0) is 9.42. The molecule has 0 aromatic carbocycles. The van der Waals surface area contributed by atoms with Crippen molar-refractivity contribution in [3.63, 3.8) is 0 Å². The maximum Gasteiger partial charge on any atom is 0.155 e. The van der Waals surface area contributed by atoms with Gasteiger partial charge in [-0.3, -0.25) is 3.97 Å². The number of rotatable bonds is 1. The molecule has 0 N–H and O–H groups in total. The molecule has 68 valence electrons. The van der Waals surface area contributed by atoms with E-state index in [1.54, 1.807) is 9.12 Å². The van der Waals surface area contributed by atoms with Crippen LogP contribution in [0.2, 0.25) is 5.15 Å². The van der Waals surface area contributed by atoms with E-state index in [2.05, 4.69) is 31.2 Å². The first kappa shape index (κ1) is 9.54. The summed E-state index contributed by atoms with van der Waals surface area (Å²) in [5, 5.41) is 1.42. The van der Waals surface area contributed by atoms with Crippen molar-refractivity contribution in [3.8, 4) is 0 Å². The molecule has 2 heterocycles. The molecule has 6 heteroatoms. The Morgan fingerprint density at radius 2 is 2.31 bits per heavy atom. The first-order chi connectivity index (χ1) is 6.22. The number of aryl methyl sites for hydroxylation is 1. The second kappa shape index (κ2) is 3.62. The molecule has 0 aliphatic carbocycles. The van der Waals surface area contributed by atoms with Crippen LogP contribution in [0.1, 0.15) is 5.82 Å². The average molecular weight is 326 g/mol. The van der Waals surface area contributed by atoms with Gasteiger partial charge in [0, 0.05) is 36.5 Å². The molecule has 0 amide bonds. The lowest BCUT2D eigenvalue weighted by molar-refractivity contribution is 1.07. The van der Waals surface area contributed by atoms with Crippen LogP contribution in [0.15, 0.2) is 12.3 Å². The van der Waals surface area contributed by atoms with E-state index >= 15 is 0 Å². The molecule has 13 heavy (non-hydrogen) atoms. The minimum Gasteiger partial charge on any atom is -0.266 e. The predicted molar refractivity (Wildman–Crippen MR) is 64.3 cm³/mol. The molecule has 0 unspecified atom stereocenters. The average Bonchev–Trinajstić information content (AvgIpc) is 2.47. The summed E-state index contributed by atoms with van der Waals surface area (Å²) in [5.74, 6) is 0.697.